The summed E-state index contributed by atoms with van der Waals surface area (Å²) in [7, 11) is 0. The van der Waals surface area contributed by atoms with E-state index in [4.69, 9.17) is 0 Å². The number of hydrogen-bond donors (Lipinski definition) is 1. The van der Waals surface area contributed by atoms with Crippen LogP contribution >= 0.6 is 0 Å². The second-order valence-electron chi connectivity index (χ2n) is 10.1. The minimum absolute atomic E-state index is 0.0368. The van der Waals surface area contributed by atoms with Crippen molar-refractivity contribution in [2.45, 2.75) is 38.3 Å². The van der Waals surface area contributed by atoms with Gasteiger partial charge in [0.05, 0.1) is 18.0 Å². The van der Waals surface area contributed by atoms with Gasteiger partial charge in [-0.15, -0.1) is 0 Å². The van der Waals surface area contributed by atoms with Gasteiger partial charge in [-0.25, -0.2) is 0 Å². The molecule has 2 aromatic rings. The Hall–Kier alpha value is -2.74. The van der Waals surface area contributed by atoms with Gasteiger partial charge in [0.15, 0.2) is 6.04 Å². The molecule has 0 bridgehead atoms. The monoisotopic (exact) mass is 438 g/mol. The highest BCUT2D eigenvalue weighted by Crippen LogP contribution is 2.46. The molecule has 7 nitrogen and oxygen atoms in total. The molecule has 0 spiro atoms. The van der Waals surface area contributed by atoms with E-state index < -0.39 is 39.3 Å². The van der Waals surface area contributed by atoms with Gasteiger partial charge in [-0.3, -0.25) is 8.97 Å². The molecule has 2 aromatic carbocycles. The van der Waals surface area contributed by atoms with Gasteiger partial charge in [0, 0.05) is 0 Å². The predicted molar refractivity (Wildman–Crippen MR) is 115 cm³/mol. The zero-order valence-corrected chi connectivity index (χ0v) is 18.8. The third-order valence-corrected chi connectivity index (χ3v) is 7.68. The molecule has 3 atom stereocenters. The number of benzene rings is 2. The molecular weight excluding hydrogens is 408 g/mol. The van der Waals surface area contributed by atoms with Crippen molar-refractivity contribution in [1.29, 1.82) is 0 Å². The lowest BCUT2D eigenvalue weighted by Crippen LogP contribution is -2.82. The van der Waals surface area contributed by atoms with E-state index in [2.05, 4.69) is 0 Å². The highest BCUT2D eigenvalue weighted by Gasteiger charge is 2.58. The summed E-state index contributed by atoms with van der Waals surface area (Å²) in [5.74, 6) is -0.155. The van der Waals surface area contributed by atoms with Crippen LogP contribution in [-0.4, -0.2) is 70.6 Å². The van der Waals surface area contributed by atoms with E-state index in [1.165, 1.54) is 0 Å². The lowest BCUT2D eigenvalue weighted by atomic mass is 9.91. The molecule has 1 N–H and O–H groups in total. The number of hydrogen-bond acceptors (Lipinski definition) is 5. The van der Waals surface area contributed by atoms with Crippen molar-refractivity contribution in [3.05, 3.63) is 59.7 Å². The van der Waals surface area contributed by atoms with Crippen molar-refractivity contribution in [2.24, 2.45) is 0 Å². The van der Waals surface area contributed by atoms with Crippen LogP contribution in [0.5, 0.6) is 0 Å². The van der Waals surface area contributed by atoms with Gasteiger partial charge in [0.1, 0.15) is 26.2 Å². The molecule has 1 saturated heterocycles. The minimum atomic E-state index is -1.29. The second-order valence-corrected chi connectivity index (χ2v) is 10.1. The van der Waals surface area contributed by atoms with Gasteiger partial charge in [0.25, 0.3) is 12.2 Å². The van der Waals surface area contributed by atoms with Crippen molar-refractivity contribution in [1.82, 2.24) is 0 Å². The quantitative estimate of drug-likeness (QED) is 0.728. The van der Waals surface area contributed by atoms with Gasteiger partial charge in [-0.05, 0) is 43.0 Å². The SMILES string of the molecule is CC(C)(C)[N+]1(C(=O)[O-])CC[N+](CC2c3ccccc3-c3ccccc32)(C(=O)[O-])CC1CO. The summed E-state index contributed by atoms with van der Waals surface area (Å²) in [5, 5.41) is 35.1. The Balaban J connectivity index is 1.76. The lowest BCUT2D eigenvalue weighted by molar-refractivity contribution is -1.02. The van der Waals surface area contributed by atoms with Crippen molar-refractivity contribution in [3.63, 3.8) is 0 Å². The van der Waals surface area contributed by atoms with Crippen LogP contribution in [0, 0.1) is 0 Å². The van der Waals surface area contributed by atoms with Crippen LogP contribution in [0.1, 0.15) is 37.8 Å². The zero-order valence-electron chi connectivity index (χ0n) is 18.8. The first-order valence-electron chi connectivity index (χ1n) is 11.0. The van der Waals surface area contributed by atoms with Gasteiger partial charge in [-0.1, -0.05) is 48.5 Å². The maximum absolute atomic E-state index is 12.6. The van der Waals surface area contributed by atoms with E-state index in [9.17, 15) is 24.9 Å². The largest absolute Gasteiger partial charge is 0.498 e. The average molecular weight is 439 g/mol. The van der Waals surface area contributed by atoms with E-state index in [1.807, 2.05) is 48.5 Å². The average Bonchev–Trinajstić information content (AvgIpc) is 3.06. The van der Waals surface area contributed by atoms with E-state index in [1.54, 1.807) is 20.8 Å². The highest BCUT2D eigenvalue weighted by atomic mass is 16.4. The smallest absolute Gasteiger partial charge is 0.258 e. The highest BCUT2D eigenvalue weighted by molar-refractivity contribution is 5.78. The summed E-state index contributed by atoms with van der Waals surface area (Å²) in [6, 6.07) is 15.2. The van der Waals surface area contributed by atoms with E-state index in [0.717, 1.165) is 22.3 Å². The van der Waals surface area contributed by atoms with Crippen molar-refractivity contribution in [2.75, 3.05) is 32.8 Å². The lowest BCUT2D eigenvalue weighted by Gasteiger charge is -2.58. The summed E-state index contributed by atoms with van der Waals surface area (Å²) >= 11 is 0. The summed E-state index contributed by atoms with van der Waals surface area (Å²) in [5.41, 5.74) is 3.55. The number of rotatable bonds is 3. The summed E-state index contributed by atoms with van der Waals surface area (Å²) in [6.45, 7) is 5.24. The molecule has 7 heteroatoms. The maximum atomic E-state index is 12.6. The van der Waals surface area contributed by atoms with Crippen molar-refractivity contribution < 1.29 is 33.9 Å². The van der Waals surface area contributed by atoms with Crippen LogP contribution in [0.4, 0.5) is 9.59 Å². The molecule has 1 fully saturated rings. The maximum Gasteiger partial charge on any atom is 0.258 e. The molecule has 170 valence electrons. The molecule has 0 aromatic heterocycles. The number of aliphatic hydroxyl groups is 1. The molecule has 1 heterocycles. The van der Waals surface area contributed by atoms with Gasteiger partial charge in [-0.2, -0.15) is 0 Å². The Bertz CT molecular complexity index is 1020. The summed E-state index contributed by atoms with van der Waals surface area (Å²) in [6.07, 6.45) is -2.53. The molecule has 0 radical (unpaired) electrons. The van der Waals surface area contributed by atoms with Crippen LogP contribution < -0.4 is 10.2 Å². The number of carbonyl (C=O) groups is 2. The molecule has 4 rings (SSSR count). The van der Waals surface area contributed by atoms with Crippen LogP contribution in [0.2, 0.25) is 0 Å². The molecule has 1 aliphatic heterocycles. The number of amides is 2. The fourth-order valence-corrected chi connectivity index (χ4v) is 5.97. The number of carbonyl (C=O) groups excluding carboxylic acids is 2. The fraction of sp³-hybridized carbons (Fsp3) is 0.440. The third-order valence-electron chi connectivity index (χ3n) is 7.68. The topological polar surface area (TPSA) is 100 Å². The molecule has 2 aliphatic rings. The predicted octanol–water partition coefficient (Wildman–Crippen LogP) is 1.29. The fourth-order valence-electron chi connectivity index (χ4n) is 5.97. The van der Waals surface area contributed by atoms with Crippen LogP contribution in [-0.2, 0) is 0 Å². The van der Waals surface area contributed by atoms with Gasteiger partial charge < -0.3 is 24.9 Å². The molecular formula is C25H30N2O5. The Kier molecular flexibility index (Phi) is 5.40. The van der Waals surface area contributed by atoms with Gasteiger partial charge >= 0.3 is 0 Å². The Morgan fingerprint density at radius 1 is 0.938 bits per heavy atom. The van der Waals surface area contributed by atoms with Crippen LogP contribution in [0.15, 0.2) is 48.5 Å². The summed E-state index contributed by atoms with van der Waals surface area (Å²) < 4.78 is -0.878. The number of piperazine rings is 1. The Morgan fingerprint density at radius 2 is 1.47 bits per heavy atom. The van der Waals surface area contributed by atoms with Crippen LogP contribution in [0.3, 0.4) is 0 Å². The summed E-state index contributed by atoms with van der Waals surface area (Å²) in [4.78, 5) is 24.9. The van der Waals surface area contributed by atoms with Crippen LogP contribution in [0.25, 0.3) is 11.1 Å². The Labute approximate surface area is 188 Å². The van der Waals surface area contributed by atoms with Crippen molar-refractivity contribution in [3.8, 4) is 11.1 Å². The first-order chi connectivity index (χ1) is 15.1. The van der Waals surface area contributed by atoms with E-state index >= 15 is 0 Å². The van der Waals surface area contributed by atoms with Crippen molar-refractivity contribution >= 4 is 12.2 Å². The number of carboxylic acid groups (broad SMARTS) is 2. The number of aliphatic hydroxyl groups excluding tert-OH is 1. The first kappa shape index (κ1) is 22.5. The van der Waals surface area contributed by atoms with Gasteiger partial charge in [0.2, 0.25) is 0 Å². The number of nitrogens with zero attached hydrogens (tertiary/aromatic N) is 2. The number of quaternary nitrogens is 2. The second kappa shape index (κ2) is 7.69. The standard InChI is InChI=1S/C25H30N2O5/c1-25(2,3)27(24(31)32)13-12-26(23(29)30,14-17(27)16-28)15-22-20-10-6-4-8-18(20)19-9-5-7-11-21(19)22/h4-11,17,22,28H,12-16H2,1-3H3. The molecule has 3 unspecified atom stereocenters. The zero-order chi connectivity index (χ0) is 23.3. The Morgan fingerprint density at radius 3 is 1.91 bits per heavy atom. The minimum Gasteiger partial charge on any atom is -0.498 e. The number of fused-ring (bicyclic) bond motifs is 3. The first-order valence-corrected chi connectivity index (χ1v) is 11.0. The van der Waals surface area contributed by atoms with E-state index in [-0.39, 0.29) is 32.1 Å². The molecule has 0 saturated carbocycles. The molecule has 32 heavy (non-hydrogen) atoms. The van der Waals surface area contributed by atoms with E-state index in [0.29, 0.717) is 0 Å². The third kappa shape index (κ3) is 3.15. The molecule has 2 amide bonds. The molecule has 1 aliphatic carbocycles. The normalized spacial score (nSPS) is 27.6.